The topological polar surface area (TPSA) is 97.4 Å². The number of anilines is 2. The smallest absolute Gasteiger partial charge is 0.445 e. The third-order valence-electron chi connectivity index (χ3n) is 9.26. The molecule has 46 heavy (non-hydrogen) atoms. The summed E-state index contributed by atoms with van der Waals surface area (Å²) in [4.78, 5) is 20.5. The van der Waals surface area contributed by atoms with Crippen molar-refractivity contribution >= 4 is 17.9 Å². The monoisotopic (exact) mass is 649 g/mol. The Hall–Kier alpha value is -4.23. The lowest BCUT2D eigenvalue weighted by Gasteiger charge is -2.60. The minimum absolute atomic E-state index is 0.0576. The molecule has 1 aromatic heterocycles. The number of nitrogens with zero attached hydrogens (tertiary/aromatic N) is 2. The Labute approximate surface area is 261 Å². The summed E-state index contributed by atoms with van der Waals surface area (Å²) in [5.74, 6) is -0.240. The summed E-state index contributed by atoms with van der Waals surface area (Å²) in [6.07, 6.45) is -5.22. The van der Waals surface area contributed by atoms with Crippen molar-refractivity contribution in [2.75, 3.05) is 17.2 Å². The lowest BCUT2D eigenvalue weighted by molar-refractivity contribution is -0.274. The Morgan fingerprint density at radius 2 is 1.61 bits per heavy atom. The number of aromatic nitrogens is 2. The van der Waals surface area contributed by atoms with E-state index >= 15 is 0 Å². The molecule has 4 fully saturated rings. The molecule has 1 heterocycles. The molecular weight excluding hydrogens is 616 g/mol. The molecule has 4 aliphatic carbocycles. The number of rotatable bonds is 10. The quantitative estimate of drug-likeness (QED) is 0.195. The number of hydrogen-bond donors (Lipinski definition) is 3. The molecule has 0 spiro atoms. The molecule has 1 amide bonds. The van der Waals surface area contributed by atoms with Gasteiger partial charge in [-0.2, -0.15) is 18.2 Å². The Bertz CT molecular complexity index is 1520. The summed E-state index contributed by atoms with van der Waals surface area (Å²) in [5.41, 5.74) is -0.296. The average molecular weight is 650 g/mol. The van der Waals surface area contributed by atoms with Gasteiger partial charge in [-0.15, -0.1) is 13.2 Å². The Kier molecular flexibility index (Phi) is 8.64. The van der Waals surface area contributed by atoms with E-state index in [1.54, 1.807) is 0 Å². The number of nitrogens with one attached hydrogen (secondary N) is 3. The molecule has 0 aliphatic heterocycles. The summed E-state index contributed by atoms with van der Waals surface area (Å²) in [7, 11) is 0. The van der Waals surface area contributed by atoms with Gasteiger partial charge in [-0.05, 0) is 66.9 Å². The minimum atomic E-state index is -4.91. The Morgan fingerprint density at radius 1 is 0.913 bits per heavy atom. The zero-order chi connectivity index (χ0) is 32.5. The van der Waals surface area contributed by atoms with Crippen LogP contribution in [0.2, 0.25) is 0 Å². The van der Waals surface area contributed by atoms with Gasteiger partial charge >= 0.3 is 18.6 Å². The van der Waals surface area contributed by atoms with Gasteiger partial charge in [0.15, 0.2) is 0 Å². The molecule has 2 aromatic carbocycles. The number of carbonyl (C=O) groups is 1. The highest BCUT2D eigenvalue weighted by atomic mass is 19.4. The molecule has 0 radical (unpaired) electrons. The first-order valence-corrected chi connectivity index (χ1v) is 15.1. The first kappa shape index (κ1) is 31.7. The third-order valence-corrected chi connectivity index (χ3v) is 9.26. The summed E-state index contributed by atoms with van der Waals surface area (Å²) in [6, 6.07) is 14.8. The first-order valence-electron chi connectivity index (χ1n) is 15.1. The number of amides is 1. The number of halogens is 6. The lowest BCUT2D eigenvalue weighted by atomic mass is 9.48. The summed E-state index contributed by atoms with van der Waals surface area (Å²) in [6.45, 7) is 0.202. The van der Waals surface area contributed by atoms with Crippen LogP contribution in [-0.2, 0) is 24.1 Å². The molecule has 4 bridgehead atoms. The number of carbonyl (C=O) groups excluding carboxylic acids is 1. The highest BCUT2D eigenvalue weighted by Crippen LogP contribution is 2.60. The van der Waals surface area contributed by atoms with Crippen molar-refractivity contribution in [1.29, 1.82) is 0 Å². The van der Waals surface area contributed by atoms with Crippen molar-refractivity contribution in [2.24, 2.45) is 23.2 Å². The second-order valence-electron chi connectivity index (χ2n) is 12.5. The van der Waals surface area contributed by atoms with Crippen LogP contribution >= 0.6 is 0 Å². The Morgan fingerprint density at radius 3 is 2.30 bits per heavy atom. The van der Waals surface area contributed by atoms with Crippen LogP contribution in [0.5, 0.6) is 5.75 Å². The maximum absolute atomic E-state index is 14.0. The van der Waals surface area contributed by atoms with Gasteiger partial charge in [-0.1, -0.05) is 48.5 Å². The molecule has 1 unspecified atom stereocenters. The van der Waals surface area contributed by atoms with Crippen molar-refractivity contribution in [2.45, 2.75) is 63.8 Å². The summed E-state index contributed by atoms with van der Waals surface area (Å²) in [5, 5.41) is 8.74. The largest absolute Gasteiger partial charge is 0.573 e. The van der Waals surface area contributed by atoms with E-state index in [1.807, 2.05) is 30.3 Å². The Balaban J connectivity index is 1.11. The molecule has 3 N–H and O–H groups in total. The van der Waals surface area contributed by atoms with Crippen LogP contribution in [-0.4, -0.2) is 35.0 Å². The standard InChI is InChI=1S/C32H33F6N5O3/c33-31(34,35)24-16-40-28(39-15-21-8-4-5-9-25(21)46-32(36,37)38)43-27(24)41-18-30-12-20-10-22(13-30)26(23(11-20)14-30)42-29(44)45-17-19-6-2-1-3-7-19/h1-9,16,20,22-23,26H,10-15,17-18H2,(H,42,44)(H2,39,40,41,43)/t20?,22-,23+,26-,30-. The van der Waals surface area contributed by atoms with Crippen LogP contribution in [0.1, 0.15) is 48.8 Å². The second kappa shape index (κ2) is 12.5. The fourth-order valence-corrected chi connectivity index (χ4v) is 7.67. The van der Waals surface area contributed by atoms with Gasteiger partial charge in [0.2, 0.25) is 5.95 Å². The molecular formula is C32H33F6N5O3. The van der Waals surface area contributed by atoms with Gasteiger partial charge in [0.1, 0.15) is 23.7 Å². The number of alkyl halides is 6. The van der Waals surface area contributed by atoms with Gasteiger partial charge in [-0.3, -0.25) is 0 Å². The van der Waals surface area contributed by atoms with Gasteiger partial charge in [0, 0.05) is 30.9 Å². The van der Waals surface area contributed by atoms with Crippen molar-refractivity contribution in [3.05, 3.63) is 77.5 Å². The van der Waals surface area contributed by atoms with E-state index in [0.29, 0.717) is 12.1 Å². The van der Waals surface area contributed by atoms with Crippen molar-refractivity contribution in [1.82, 2.24) is 15.3 Å². The molecule has 4 aliphatic rings. The van der Waals surface area contributed by atoms with E-state index in [9.17, 15) is 31.1 Å². The van der Waals surface area contributed by atoms with Crippen molar-refractivity contribution in [3.8, 4) is 5.75 Å². The van der Waals surface area contributed by atoms with Gasteiger partial charge < -0.3 is 25.4 Å². The van der Waals surface area contributed by atoms with E-state index in [2.05, 4.69) is 30.7 Å². The van der Waals surface area contributed by atoms with E-state index in [1.165, 1.54) is 18.2 Å². The third kappa shape index (κ3) is 7.42. The van der Waals surface area contributed by atoms with Crippen molar-refractivity contribution in [3.63, 3.8) is 0 Å². The van der Waals surface area contributed by atoms with E-state index in [4.69, 9.17) is 4.74 Å². The maximum atomic E-state index is 14.0. The van der Waals surface area contributed by atoms with Crippen LogP contribution in [0.3, 0.4) is 0 Å². The SMILES string of the molecule is O=C(N[C@@H]1[C@@H]2CC3C[C@H]1C[C@@](CNc1nc(NCc4ccccc4OC(F)(F)F)ncc1C(F)(F)F)(C3)C2)OCc1ccccc1. The van der Waals surface area contributed by atoms with Crippen LogP contribution in [0, 0.1) is 23.2 Å². The number of alkyl carbamates (subject to hydrolysis) is 1. The number of benzene rings is 2. The predicted molar refractivity (Wildman–Crippen MR) is 156 cm³/mol. The summed E-state index contributed by atoms with van der Waals surface area (Å²) < 4.78 is 89.8. The van der Waals surface area contributed by atoms with Gasteiger partial charge in [-0.25, -0.2) is 9.78 Å². The van der Waals surface area contributed by atoms with E-state index < -0.39 is 35.8 Å². The van der Waals surface area contributed by atoms with Crippen LogP contribution in [0.15, 0.2) is 60.8 Å². The molecule has 0 saturated heterocycles. The van der Waals surface area contributed by atoms with Gasteiger partial charge in [0.25, 0.3) is 0 Å². The molecule has 3 aromatic rings. The number of hydrogen-bond acceptors (Lipinski definition) is 7. The average Bonchev–Trinajstić information content (AvgIpc) is 2.99. The molecule has 4 saturated carbocycles. The predicted octanol–water partition coefficient (Wildman–Crippen LogP) is 7.54. The van der Waals surface area contributed by atoms with Crippen LogP contribution < -0.4 is 20.7 Å². The molecule has 8 nitrogen and oxygen atoms in total. The molecule has 14 heteroatoms. The minimum Gasteiger partial charge on any atom is -0.445 e. The summed E-state index contributed by atoms with van der Waals surface area (Å²) >= 11 is 0. The van der Waals surface area contributed by atoms with Crippen molar-refractivity contribution < 1.29 is 40.6 Å². The second-order valence-corrected chi connectivity index (χ2v) is 12.5. The highest BCUT2D eigenvalue weighted by molar-refractivity contribution is 5.67. The van der Waals surface area contributed by atoms with E-state index in [0.717, 1.165) is 43.7 Å². The lowest BCUT2D eigenvalue weighted by Crippen LogP contribution is -2.60. The maximum Gasteiger partial charge on any atom is 0.573 e. The first-order chi connectivity index (χ1) is 21.9. The fraction of sp³-hybridized carbons (Fsp3) is 0.469. The fourth-order valence-electron chi connectivity index (χ4n) is 7.67. The molecule has 246 valence electrons. The van der Waals surface area contributed by atoms with E-state index in [-0.39, 0.29) is 54.5 Å². The van der Waals surface area contributed by atoms with Crippen LogP contribution in [0.25, 0.3) is 0 Å². The number of ether oxygens (including phenoxy) is 2. The number of para-hydroxylation sites is 1. The van der Waals surface area contributed by atoms with Crippen LogP contribution in [0.4, 0.5) is 42.9 Å². The molecule has 5 atom stereocenters. The highest BCUT2D eigenvalue weighted by Gasteiger charge is 2.55. The molecule has 7 rings (SSSR count). The zero-order valence-corrected chi connectivity index (χ0v) is 24.6. The van der Waals surface area contributed by atoms with Gasteiger partial charge in [0.05, 0.1) is 0 Å². The zero-order valence-electron chi connectivity index (χ0n) is 24.6. The normalized spacial score (nSPS) is 25.2.